The molecule has 0 heterocycles. The van der Waals surface area contributed by atoms with Crippen molar-refractivity contribution in [3.63, 3.8) is 0 Å². The van der Waals surface area contributed by atoms with E-state index in [1.165, 1.54) is 12.1 Å². The second-order valence-electron chi connectivity index (χ2n) is 4.80. The van der Waals surface area contributed by atoms with Crippen LogP contribution in [-0.2, 0) is 10.0 Å². The van der Waals surface area contributed by atoms with Crippen LogP contribution in [0.2, 0.25) is 0 Å². The first kappa shape index (κ1) is 16.1. The van der Waals surface area contributed by atoms with Crippen molar-refractivity contribution in [2.45, 2.75) is 18.7 Å². The summed E-state index contributed by atoms with van der Waals surface area (Å²) in [5.74, 6) is -2.01. The van der Waals surface area contributed by atoms with Crippen LogP contribution in [0.3, 0.4) is 0 Å². The Balaban J connectivity index is 2.20. The van der Waals surface area contributed by atoms with E-state index in [1.807, 2.05) is 0 Å². The lowest BCUT2D eigenvalue weighted by Gasteiger charge is -2.07. The number of benzene rings is 2. The molecule has 0 fully saturated rings. The van der Waals surface area contributed by atoms with Gasteiger partial charge in [0.05, 0.1) is 11.1 Å². The fourth-order valence-corrected chi connectivity index (χ4v) is 2.93. The Morgan fingerprint density at radius 3 is 2.45 bits per heavy atom. The molecule has 0 aliphatic carbocycles. The minimum atomic E-state index is -3.82. The van der Waals surface area contributed by atoms with Gasteiger partial charge in [-0.05, 0) is 48.7 Å². The molecule has 2 aromatic rings. The molecular formula is C15H14F2N2O2S. The van der Waals surface area contributed by atoms with Crippen LogP contribution in [0.1, 0.15) is 16.7 Å². The molecule has 0 unspecified atom stereocenters. The van der Waals surface area contributed by atoms with Crippen LogP contribution in [0.5, 0.6) is 0 Å². The van der Waals surface area contributed by atoms with Gasteiger partial charge < -0.3 is 0 Å². The molecular weight excluding hydrogens is 310 g/mol. The highest BCUT2D eigenvalue weighted by Gasteiger charge is 2.15. The van der Waals surface area contributed by atoms with E-state index in [9.17, 15) is 17.2 Å². The largest absolute Gasteiger partial charge is 0.276 e. The molecule has 0 bridgehead atoms. The summed E-state index contributed by atoms with van der Waals surface area (Å²) in [6.45, 7) is 3.45. The zero-order valence-corrected chi connectivity index (χ0v) is 12.8. The van der Waals surface area contributed by atoms with Crippen LogP contribution < -0.4 is 4.83 Å². The standard InChI is InChI=1S/C15H14F2N2O2S/c1-10-3-4-11(2)15(7-10)22(20,21)19-18-9-12-5-6-13(16)14(17)8-12/h3-9,19H,1-2H3/b18-9-. The summed E-state index contributed by atoms with van der Waals surface area (Å²) < 4.78 is 50.1. The van der Waals surface area contributed by atoms with E-state index in [0.29, 0.717) is 5.56 Å². The molecule has 1 N–H and O–H groups in total. The van der Waals surface area contributed by atoms with Crippen LogP contribution in [0.15, 0.2) is 46.4 Å². The van der Waals surface area contributed by atoms with E-state index in [1.54, 1.807) is 26.0 Å². The van der Waals surface area contributed by atoms with Gasteiger partial charge in [0, 0.05) is 0 Å². The SMILES string of the molecule is Cc1ccc(C)c(S(=O)(=O)N/N=C\c2ccc(F)c(F)c2)c1. The zero-order valence-electron chi connectivity index (χ0n) is 12.0. The highest BCUT2D eigenvalue weighted by Crippen LogP contribution is 2.16. The second kappa shape index (κ2) is 6.23. The Kier molecular flexibility index (Phi) is 4.56. The molecule has 0 aliphatic rings. The fraction of sp³-hybridized carbons (Fsp3) is 0.133. The van der Waals surface area contributed by atoms with Gasteiger partial charge in [0.15, 0.2) is 11.6 Å². The Hall–Kier alpha value is -2.28. The molecule has 22 heavy (non-hydrogen) atoms. The Morgan fingerprint density at radius 1 is 1.05 bits per heavy atom. The van der Waals surface area contributed by atoms with Gasteiger partial charge in [0.1, 0.15) is 0 Å². The topological polar surface area (TPSA) is 58.5 Å². The van der Waals surface area contributed by atoms with Gasteiger partial charge in [-0.15, -0.1) is 0 Å². The van der Waals surface area contributed by atoms with Crippen molar-refractivity contribution in [1.82, 2.24) is 4.83 Å². The fourth-order valence-electron chi connectivity index (χ4n) is 1.81. The number of hydrogen-bond donors (Lipinski definition) is 1. The predicted octanol–water partition coefficient (Wildman–Crippen LogP) is 2.89. The van der Waals surface area contributed by atoms with Gasteiger partial charge in [0.2, 0.25) is 0 Å². The lowest BCUT2D eigenvalue weighted by molar-refractivity contribution is 0.508. The Labute approximate surface area is 127 Å². The predicted molar refractivity (Wildman–Crippen MR) is 80.2 cm³/mol. The van der Waals surface area contributed by atoms with Crippen molar-refractivity contribution in [2.75, 3.05) is 0 Å². The maximum Gasteiger partial charge on any atom is 0.276 e. The molecule has 4 nitrogen and oxygen atoms in total. The smallest absolute Gasteiger partial charge is 0.204 e. The van der Waals surface area contributed by atoms with E-state index < -0.39 is 21.7 Å². The van der Waals surface area contributed by atoms with Crippen molar-refractivity contribution >= 4 is 16.2 Å². The van der Waals surface area contributed by atoms with Gasteiger partial charge in [-0.2, -0.15) is 13.5 Å². The maximum atomic E-state index is 13.0. The number of nitrogens with one attached hydrogen (secondary N) is 1. The molecule has 0 aromatic heterocycles. The normalized spacial score (nSPS) is 11.8. The van der Waals surface area contributed by atoms with Crippen LogP contribution >= 0.6 is 0 Å². The van der Waals surface area contributed by atoms with Crippen LogP contribution in [-0.4, -0.2) is 14.6 Å². The molecule has 2 aromatic carbocycles. The van der Waals surface area contributed by atoms with E-state index in [2.05, 4.69) is 9.93 Å². The number of hydrogen-bond acceptors (Lipinski definition) is 3. The lowest BCUT2D eigenvalue weighted by atomic mass is 10.2. The van der Waals surface area contributed by atoms with Crippen molar-refractivity contribution in [1.29, 1.82) is 0 Å². The van der Waals surface area contributed by atoms with Gasteiger partial charge in [0.25, 0.3) is 10.0 Å². The van der Waals surface area contributed by atoms with E-state index in [-0.39, 0.29) is 10.5 Å². The first-order valence-electron chi connectivity index (χ1n) is 6.37. The van der Waals surface area contributed by atoms with Crippen LogP contribution in [0, 0.1) is 25.5 Å². The van der Waals surface area contributed by atoms with Crippen molar-refractivity contribution < 1.29 is 17.2 Å². The molecule has 7 heteroatoms. The minimum Gasteiger partial charge on any atom is -0.204 e. The first-order valence-corrected chi connectivity index (χ1v) is 7.85. The molecule has 0 atom stereocenters. The maximum absolute atomic E-state index is 13.0. The average molecular weight is 324 g/mol. The monoisotopic (exact) mass is 324 g/mol. The Morgan fingerprint density at radius 2 is 1.77 bits per heavy atom. The van der Waals surface area contributed by atoms with E-state index in [4.69, 9.17) is 0 Å². The third-order valence-electron chi connectivity index (χ3n) is 2.96. The minimum absolute atomic E-state index is 0.120. The summed E-state index contributed by atoms with van der Waals surface area (Å²) in [5, 5.41) is 3.58. The number of halogens is 2. The van der Waals surface area contributed by atoms with Gasteiger partial charge >= 0.3 is 0 Å². The molecule has 0 saturated heterocycles. The quantitative estimate of drug-likeness (QED) is 0.694. The third-order valence-corrected chi connectivity index (χ3v) is 4.33. The summed E-state index contributed by atoms with van der Waals surface area (Å²) >= 11 is 0. The molecule has 0 saturated carbocycles. The van der Waals surface area contributed by atoms with Crippen LogP contribution in [0.25, 0.3) is 0 Å². The van der Waals surface area contributed by atoms with Crippen molar-refractivity contribution in [2.24, 2.45) is 5.10 Å². The molecule has 0 aliphatic heterocycles. The van der Waals surface area contributed by atoms with E-state index in [0.717, 1.165) is 23.9 Å². The second-order valence-corrected chi connectivity index (χ2v) is 6.42. The summed E-state index contributed by atoms with van der Waals surface area (Å²) in [7, 11) is -3.82. The number of nitrogens with zero attached hydrogens (tertiary/aromatic N) is 1. The number of sulfonamides is 1. The van der Waals surface area contributed by atoms with Crippen molar-refractivity contribution in [3.05, 3.63) is 64.7 Å². The summed E-state index contributed by atoms with van der Waals surface area (Å²) in [5.41, 5.74) is 1.62. The first-order chi connectivity index (χ1) is 10.3. The molecule has 0 radical (unpaired) electrons. The highest BCUT2D eigenvalue weighted by molar-refractivity contribution is 7.89. The molecule has 0 spiro atoms. The van der Waals surface area contributed by atoms with Gasteiger partial charge in [-0.25, -0.2) is 13.6 Å². The van der Waals surface area contributed by atoms with Crippen molar-refractivity contribution in [3.8, 4) is 0 Å². The molecule has 116 valence electrons. The summed E-state index contributed by atoms with van der Waals surface area (Å²) in [4.78, 5) is 2.17. The molecule has 0 amide bonds. The summed E-state index contributed by atoms with van der Waals surface area (Å²) in [6, 6.07) is 8.18. The zero-order chi connectivity index (χ0) is 16.3. The van der Waals surface area contributed by atoms with E-state index >= 15 is 0 Å². The summed E-state index contributed by atoms with van der Waals surface area (Å²) in [6.07, 6.45) is 1.10. The highest BCUT2D eigenvalue weighted by atomic mass is 32.2. The van der Waals surface area contributed by atoms with Gasteiger partial charge in [-0.3, -0.25) is 0 Å². The third kappa shape index (κ3) is 3.67. The number of rotatable bonds is 4. The number of aryl methyl sites for hydroxylation is 2. The number of hydrazone groups is 1. The molecule has 2 rings (SSSR count). The van der Waals surface area contributed by atoms with Crippen LogP contribution in [0.4, 0.5) is 8.78 Å². The van der Waals surface area contributed by atoms with Gasteiger partial charge in [-0.1, -0.05) is 18.2 Å². The average Bonchev–Trinajstić information content (AvgIpc) is 2.45. The lowest BCUT2D eigenvalue weighted by Crippen LogP contribution is -2.19. The Bertz CT molecular complexity index is 833.